The van der Waals surface area contributed by atoms with Crippen LogP contribution in [0.1, 0.15) is 5.56 Å². The third-order valence-electron chi connectivity index (χ3n) is 11.4. The van der Waals surface area contributed by atoms with Gasteiger partial charge in [-0.3, -0.25) is 5.41 Å². The van der Waals surface area contributed by atoms with Crippen molar-refractivity contribution in [2.24, 2.45) is 0 Å². The molecule has 0 amide bonds. The van der Waals surface area contributed by atoms with E-state index in [2.05, 4.69) is 156 Å². The van der Waals surface area contributed by atoms with Crippen molar-refractivity contribution in [3.05, 3.63) is 193 Å². The fraction of sp³-hybridized carbons (Fsp3) is 0.0192. The summed E-state index contributed by atoms with van der Waals surface area (Å²) in [4.78, 5) is 0. The number of nitrogens with one attached hydrogen (secondary N) is 1. The molecule has 0 saturated heterocycles. The normalized spacial score (nSPS) is 11.7. The summed E-state index contributed by atoms with van der Waals surface area (Å²) in [5, 5.41) is 20.4. The van der Waals surface area contributed by atoms with Crippen LogP contribution in [0.5, 0.6) is 0 Å². The Morgan fingerprint density at radius 1 is 0.404 bits per heavy atom. The van der Waals surface area contributed by atoms with Gasteiger partial charge in [0.2, 0.25) is 0 Å². The molecule has 3 aromatic heterocycles. The number of hydrogen-bond donors (Lipinski definition) is 2. The van der Waals surface area contributed by atoms with Gasteiger partial charge in [-0.2, -0.15) is 0 Å². The van der Waals surface area contributed by atoms with E-state index < -0.39 is 0 Å². The zero-order valence-corrected chi connectivity index (χ0v) is 31.2. The largest absolute Gasteiger partial charge is 0.456 e. The number of nitrogen functional groups attached to an aromatic ring is 1. The summed E-state index contributed by atoms with van der Waals surface area (Å²) in [5.74, 6) is 0. The Hall–Kier alpha value is -7.63. The van der Waals surface area contributed by atoms with Gasteiger partial charge in [-0.25, -0.2) is 0 Å². The van der Waals surface area contributed by atoms with Gasteiger partial charge in [0, 0.05) is 44.0 Å². The quantitative estimate of drug-likeness (QED) is 0.105. The minimum absolute atomic E-state index is 0.426. The van der Waals surface area contributed by atoms with Crippen LogP contribution < -0.4 is 11.1 Å². The highest BCUT2D eigenvalue weighted by molar-refractivity contribution is 6.32. The van der Waals surface area contributed by atoms with Crippen LogP contribution in [0, 0.1) is 12.3 Å². The molecule has 270 valence electrons. The first-order chi connectivity index (χ1) is 28.0. The van der Waals surface area contributed by atoms with Crippen LogP contribution in [-0.2, 0) is 0 Å². The van der Waals surface area contributed by atoms with E-state index >= 15 is 0 Å². The van der Waals surface area contributed by atoms with Crippen LogP contribution in [0.2, 0.25) is 0 Å². The van der Waals surface area contributed by atoms with Gasteiger partial charge in [0.1, 0.15) is 11.2 Å². The van der Waals surface area contributed by atoms with Crippen molar-refractivity contribution in [1.29, 1.82) is 5.41 Å². The number of nitrogens with zero attached hydrogens (tertiary/aromatic N) is 2. The zero-order chi connectivity index (χ0) is 38.2. The molecule has 0 unspecified atom stereocenters. The molecule has 5 heteroatoms. The average molecular weight is 733 g/mol. The third-order valence-corrected chi connectivity index (χ3v) is 11.4. The van der Waals surface area contributed by atoms with Crippen molar-refractivity contribution in [2.75, 3.05) is 5.73 Å². The molecule has 0 spiro atoms. The highest BCUT2D eigenvalue weighted by Crippen LogP contribution is 2.43. The molecule has 3 heterocycles. The van der Waals surface area contributed by atoms with E-state index in [1.54, 1.807) is 6.07 Å². The Morgan fingerprint density at radius 2 is 0.947 bits per heavy atom. The molecule has 12 aromatic rings. The molecule has 5 nitrogen and oxygen atoms in total. The van der Waals surface area contributed by atoms with Crippen molar-refractivity contribution >= 4 is 92.8 Å². The van der Waals surface area contributed by atoms with Gasteiger partial charge in [-0.05, 0) is 101 Å². The molecule has 0 aliphatic rings. The first-order valence-corrected chi connectivity index (χ1v) is 19.2. The lowest BCUT2D eigenvalue weighted by molar-refractivity contribution is 0.659. The Kier molecular flexibility index (Phi) is 7.31. The molecule has 0 radical (unpaired) electrons. The molecular formula is C52H36N4O. The second-order valence-electron chi connectivity index (χ2n) is 14.7. The molecule has 9 aromatic carbocycles. The first-order valence-electron chi connectivity index (χ1n) is 19.2. The van der Waals surface area contributed by atoms with Gasteiger partial charge >= 0.3 is 0 Å². The lowest BCUT2D eigenvalue weighted by Crippen LogP contribution is -2.05. The highest BCUT2D eigenvalue weighted by Gasteiger charge is 2.19. The minimum atomic E-state index is 0.426. The number of nitrogens with two attached hydrogens (primary N) is 1. The van der Waals surface area contributed by atoms with E-state index in [9.17, 15) is 0 Å². The van der Waals surface area contributed by atoms with Crippen LogP contribution in [0.4, 0.5) is 5.69 Å². The summed E-state index contributed by atoms with van der Waals surface area (Å²) < 4.78 is 10.5. The number of para-hydroxylation sites is 4. The van der Waals surface area contributed by atoms with Gasteiger partial charge in [0.15, 0.2) is 0 Å². The predicted molar refractivity (Wildman–Crippen MR) is 239 cm³/mol. The topological polar surface area (TPSA) is 72.9 Å². The third kappa shape index (κ3) is 4.99. The number of aryl methyl sites for hydroxylation is 1. The van der Waals surface area contributed by atoms with Gasteiger partial charge in [-0.1, -0.05) is 115 Å². The molecule has 3 N–H and O–H groups in total. The number of anilines is 1. The molecule has 0 saturated carbocycles. The maximum Gasteiger partial charge on any atom is 0.138 e. The molecule has 0 fully saturated rings. The van der Waals surface area contributed by atoms with E-state index in [0.29, 0.717) is 27.6 Å². The monoisotopic (exact) mass is 732 g/mol. The van der Waals surface area contributed by atoms with Crippen molar-refractivity contribution < 1.29 is 4.42 Å². The molecule has 0 aliphatic heterocycles. The Balaban J connectivity index is 0.000000196. The van der Waals surface area contributed by atoms with Crippen molar-refractivity contribution in [3.63, 3.8) is 0 Å². The van der Waals surface area contributed by atoms with Crippen molar-refractivity contribution in [1.82, 2.24) is 9.13 Å². The van der Waals surface area contributed by atoms with Crippen molar-refractivity contribution in [2.45, 2.75) is 6.92 Å². The van der Waals surface area contributed by atoms with Crippen LogP contribution in [0.3, 0.4) is 0 Å². The molecule has 0 aliphatic carbocycles. The number of fused-ring (bicyclic) bond motifs is 13. The Bertz CT molecular complexity index is 3610. The summed E-state index contributed by atoms with van der Waals surface area (Å²) in [6.45, 7) is 2.14. The van der Waals surface area contributed by atoms with Crippen molar-refractivity contribution in [3.8, 4) is 11.4 Å². The number of benzene rings is 9. The van der Waals surface area contributed by atoms with Gasteiger partial charge in [-0.15, -0.1) is 0 Å². The van der Waals surface area contributed by atoms with Crippen LogP contribution in [-0.4, -0.2) is 9.13 Å². The van der Waals surface area contributed by atoms with Crippen LogP contribution in [0.15, 0.2) is 186 Å². The number of aromatic nitrogens is 2. The molecule has 0 bridgehead atoms. The van der Waals surface area contributed by atoms with E-state index in [-0.39, 0.29) is 0 Å². The van der Waals surface area contributed by atoms with Gasteiger partial charge in [0.05, 0.1) is 32.8 Å². The second-order valence-corrected chi connectivity index (χ2v) is 14.7. The second kappa shape index (κ2) is 12.7. The zero-order valence-electron chi connectivity index (χ0n) is 31.2. The van der Waals surface area contributed by atoms with Crippen LogP contribution in [0.25, 0.3) is 98.5 Å². The number of hydrogen-bond acceptors (Lipinski definition) is 3. The summed E-state index contributed by atoms with van der Waals surface area (Å²) in [6, 6.07) is 64.0. The molecule has 12 rings (SSSR count). The lowest BCUT2D eigenvalue weighted by Gasteiger charge is -2.11. The summed E-state index contributed by atoms with van der Waals surface area (Å²) >= 11 is 0. The van der Waals surface area contributed by atoms with E-state index in [1.807, 2.05) is 36.4 Å². The molecule has 57 heavy (non-hydrogen) atoms. The number of rotatable bonds is 2. The fourth-order valence-electron chi connectivity index (χ4n) is 8.90. The predicted octanol–water partition coefficient (Wildman–Crippen LogP) is 13.1. The SMILES string of the molecule is Cc1ccc(-n2c3ccccc3c3c4ccc5ccc6c(c7ccccc7n6-c6ccccc6)c5c4ccc32)cc1.N=c1c2ccccc2oc2cccc(N)c12. The molecular weight excluding hydrogens is 697 g/mol. The van der Waals surface area contributed by atoms with E-state index in [4.69, 9.17) is 15.6 Å². The maximum atomic E-state index is 8.13. The standard InChI is InChI=1S/C39H26N2.C13H10N2O/c1-25-15-19-28(20-16-25)41-33-13-7-5-11-31(33)38-30-21-17-26-18-23-36-39(37(26)29(30)22-24-35(38)41)32-12-6-8-14-34(32)40(36)27-9-3-2-4-10-27;14-9-5-3-7-11-12(9)13(15)8-4-1-2-6-10(8)16-11/h2-24H,1H3;1-7,15H,14H2. The first kappa shape index (κ1) is 32.8. The summed E-state index contributed by atoms with van der Waals surface area (Å²) in [6.07, 6.45) is 0. The molecule has 0 atom stereocenters. The lowest BCUT2D eigenvalue weighted by atomic mass is 9.95. The Morgan fingerprint density at radius 3 is 1.70 bits per heavy atom. The average Bonchev–Trinajstić information content (AvgIpc) is 3.78. The Labute approximate surface area is 327 Å². The summed E-state index contributed by atoms with van der Waals surface area (Å²) in [7, 11) is 0. The summed E-state index contributed by atoms with van der Waals surface area (Å²) in [5.41, 5.74) is 16.4. The van der Waals surface area contributed by atoms with Crippen LogP contribution >= 0.6 is 0 Å². The van der Waals surface area contributed by atoms with Gasteiger partial charge in [0.25, 0.3) is 0 Å². The van der Waals surface area contributed by atoms with E-state index in [1.165, 1.54) is 82.1 Å². The fourth-order valence-corrected chi connectivity index (χ4v) is 8.90. The van der Waals surface area contributed by atoms with E-state index in [0.717, 1.165) is 5.39 Å². The smallest absolute Gasteiger partial charge is 0.138 e. The minimum Gasteiger partial charge on any atom is -0.456 e. The maximum absolute atomic E-state index is 8.13. The van der Waals surface area contributed by atoms with Gasteiger partial charge < -0.3 is 19.3 Å². The highest BCUT2D eigenvalue weighted by atomic mass is 16.3.